The molecule has 0 aliphatic rings. The number of nitrogens with one attached hydrogen (secondary N) is 3. The first kappa shape index (κ1) is 15.6. The molecule has 0 radical (unpaired) electrons. The number of rotatable bonds is 6. The molecule has 0 aliphatic heterocycles. The molecule has 0 atom stereocenters. The van der Waals surface area contributed by atoms with E-state index >= 15 is 0 Å². The number of fused-ring (bicyclic) bond motifs is 1. The van der Waals surface area contributed by atoms with Gasteiger partial charge in [-0.1, -0.05) is 0 Å². The molecule has 9 nitrogen and oxygen atoms in total. The van der Waals surface area contributed by atoms with E-state index in [-0.39, 0.29) is 18.3 Å². The van der Waals surface area contributed by atoms with Crippen LogP contribution in [0.4, 0.5) is 5.95 Å². The van der Waals surface area contributed by atoms with Crippen molar-refractivity contribution in [2.24, 2.45) is 0 Å². The van der Waals surface area contributed by atoms with E-state index in [1.165, 1.54) is 0 Å². The van der Waals surface area contributed by atoms with Gasteiger partial charge in [0.1, 0.15) is 12.4 Å². The van der Waals surface area contributed by atoms with Crippen molar-refractivity contribution in [3.8, 4) is 0 Å². The number of carbonyl (C=O) groups excluding carboxylic acids is 1. The monoisotopic (exact) mass is 379 g/mol. The Bertz CT molecular complexity index is 829. The van der Waals surface area contributed by atoms with Crippen LogP contribution >= 0.6 is 15.9 Å². The third-order valence-corrected chi connectivity index (χ3v) is 3.44. The summed E-state index contributed by atoms with van der Waals surface area (Å²) in [5.41, 5.74) is 1.45. The fourth-order valence-electron chi connectivity index (χ4n) is 2.01. The van der Waals surface area contributed by atoms with Gasteiger partial charge in [-0.05, 0) is 22.0 Å². The number of imidazole rings is 1. The number of H-pyrrole nitrogens is 2. The largest absolute Gasteiger partial charge is 0.377 e. The predicted molar refractivity (Wildman–Crippen MR) is 85.6 cm³/mol. The predicted octanol–water partition coefficient (Wildman–Crippen LogP) is 1.56. The lowest BCUT2D eigenvalue weighted by molar-refractivity contribution is -0.116. The number of aryl methyl sites for hydroxylation is 1. The molecule has 0 unspecified atom stereocenters. The number of aromatic nitrogens is 6. The SMILES string of the molecule is COCc1nc(NC(=O)CCc2nc3ncc(Br)cc3[nH]2)n[nH]1. The van der Waals surface area contributed by atoms with Crippen LogP contribution in [0.25, 0.3) is 11.2 Å². The molecule has 0 saturated heterocycles. The fourth-order valence-corrected chi connectivity index (χ4v) is 2.35. The van der Waals surface area contributed by atoms with E-state index in [2.05, 4.69) is 51.4 Å². The van der Waals surface area contributed by atoms with Crippen molar-refractivity contribution in [1.82, 2.24) is 30.1 Å². The van der Waals surface area contributed by atoms with Gasteiger partial charge in [0.25, 0.3) is 0 Å². The Kier molecular flexibility index (Phi) is 4.63. The molecule has 0 bridgehead atoms. The number of nitrogens with zero attached hydrogens (tertiary/aromatic N) is 4. The average molecular weight is 380 g/mol. The molecule has 3 heterocycles. The Morgan fingerprint density at radius 1 is 1.39 bits per heavy atom. The molecule has 3 aromatic heterocycles. The van der Waals surface area contributed by atoms with Crippen molar-refractivity contribution in [2.75, 3.05) is 12.4 Å². The molecule has 1 amide bonds. The first-order valence-electron chi connectivity index (χ1n) is 6.84. The average Bonchev–Trinajstić information content (AvgIpc) is 3.11. The smallest absolute Gasteiger partial charge is 0.248 e. The van der Waals surface area contributed by atoms with Crippen molar-refractivity contribution in [1.29, 1.82) is 0 Å². The van der Waals surface area contributed by atoms with Crippen molar-refractivity contribution in [2.45, 2.75) is 19.4 Å². The van der Waals surface area contributed by atoms with Crippen LogP contribution in [0.15, 0.2) is 16.7 Å². The summed E-state index contributed by atoms with van der Waals surface area (Å²) >= 11 is 3.35. The molecule has 10 heteroatoms. The van der Waals surface area contributed by atoms with Gasteiger partial charge in [0.15, 0.2) is 11.5 Å². The maximum absolute atomic E-state index is 11.9. The highest BCUT2D eigenvalue weighted by atomic mass is 79.9. The van der Waals surface area contributed by atoms with E-state index in [4.69, 9.17) is 4.74 Å². The zero-order valence-corrected chi connectivity index (χ0v) is 13.8. The second-order valence-corrected chi connectivity index (χ2v) is 5.71. The van der Waals surface area contributed by atoms with Crippen LogP contribution in [0.1, 0.15) is 18.1 Å². The lowest BCUT2D eigenvalue weighted by Gasteiger charge is -1.99. The highest BCUT2D eigenvalue weighted by Gasteiger charge is 2.10. The van der Waals surface area contributed by atoms with Crippen LogP contribution in [-0.4, -0.2) is 43.2 Å². The Morgan fingerprint density at radius 2 is 2.26 bits per heavy atom. The number of amides is 1. The fraction of sp³-hybridized carbons (Fsp3) is 0.308. The molecule has 0 aliphatic carbocycles. The molecule has 0 saturated carbocycles. The molecule has 0 fully saturated rings. The standard InChI is InChI=1S/C13H14BrN7O2/c1-23-6-10-18-13(21-20-10)19-11(22)3-2-9-16-8-4-7(14)5-15-12(8)17-9/h4-5H,2-3,6H2,1H3,(H,15,16,17)(H2,18,19,20,21,22). The number of anilines is 1. The van der Waals surface area contributed by atoms with E-state index in [0.29, 0.717) is 30.3 Å². The van der Waals surface area contributed by atoms with E-state index in [9.17, 15) is 4.79 Å². The number of methoxy groups -OCH3 is 1. The van der Waals surface area contributed by atoms with Crippen molar-refractivity contribution >= 4 is 38.9 Å². The highest BCUT2D eigenvalue weighted by Crippen LogP contribution is 2.15. The lowest BCUT2D eigenvalue weighted by Crippen LogP contribution is -2.13. The summed E-state index contributed by atoms with van der Waals surface area (Å²) in [4.78, 5) is 27.7. The van der Waals surface area contributed by atoms with Crippen LogP contribution in [-0.2, 0) is 22.6 Å². The molecule has 0 aromatic carbocycles. The second-order valence-electron chi connectivity index (χ2n) is 4.80. The van der Waals surface area contributed by atoms with Crippen molar-refractivity contribution in [3.63, 3.8) is 0 Å². The van der Waals surface area contributed by atoms with Gasteiger partial charge in [0.2, 0.25) is 11.9 Å². The maximum Gasteiger partial charge on any atom is 0.248 e. The van der Waals surface area contributed by atoms with Gasteiger partial charge < -0.3 is 9.72 Å². The second kappa shape index (κ2) is 6.84. The Balaban J connectivity index is 1.56. The number of aromatic amines is 2. The number of carbonyl (C=O) groups is 1. The topological polar surface area (TPSA) is 121 Å². The van der Waals surface area contributed by atoms with E-state index in [1.807, 2.05) is 6.07 Å². The van der Waals surface area contributed by atoms with E-state index in [1.54, 1.807) is 13.3 Å². The molecule has 23 heavy (non-hydrogen) atoms. The van der Waals surface area contributed by atoms with E-state index < -0.39 is 0 Å². The van der Waals surface area contributed by atoms with Crippen LogP contribution in [0, 0.1) is 0 Å². The quantitative estimate of drug-likeness (QED) is 0.597. The number of halogens is 1. The lowest BCUT2D eigenvalue weighted by atomic mass is 10.3. The van der Waals surface area contributed by atoms with Crippen LogP contribution in [0.2, 0.25) is 0 Å². The number of pyridine rings is 1. The summed E-state index contributed by atoms with van der Waals surface area (Å²) in [7, 11) is 1.56. The molecular weight excluding hydrogens is 366 g/mol. The molecule has 3 N–H and O–H groups in total. The minimum absolute atomic E-state index is 0.192. The molecule has 0 spiro atoms. The maximum atomic E-state index is 11.9. The minimum atomic E-state index is -0.192. The molecule has 3 aromatic rings. The number of hydrogen-bond acceptors (Lipinski definition) is 6. The Labute approximate surface area is 139 Å². The van der Waals surface area contributed by atoms with Gasteiger partial charge in [-0.2, -0.15) is 4.98 Å². The summed E-state index contributed by atoms with van der Waals surface area (Å²) in [5.74, 6) is 1.30. The molecule has 120 valence electrons. The Morgan fingerprint density at radius 3 is 3.09 bits per heavy atom. The summed E-state index contributed by atoms with van der Waals surface area (Å²) in [5, 5.41) is 9.19. The highest BCUT2D eigenvalue weighted by molar-refractivity contribution is 9.10. The van der Waals surface area contributed by atoms with Gasteiger partial charge in [0.05, 0.1) is 5.52 Å². The minimum Gasteiger partial charge on any atom is -0.377 e. The summed E-state index contributed by atoms with van der Waals surface area (Å²) in [6.07, 6.45) is 2.41. The van der Waals surface area contributed by atoms with Gasteiger partial charge in [-0.3, -0.25) is 15.2 Å². The summed E-state index contributed by atoms with van der Waals surface area (Å²) in [6.45, 7) is 0.310. The van der Waals surface area contributed by atoms with Crippen LogP contribution in [0.3, 0.4) is 0 Å². The summed E-state index contributed by atoms with van der Waals surface area (Å²) in [6, 6.07) is 1.89. The van der Waals surface area contributed by atoms with E-state index in [0.717, 1.165) is 9.99 Å². The van der Waals surface area contributed by atoms with Gasteiger partial charge in [-0.15, -0.1) is 5.10 Å². The van der Waals surface area contributed by atoms with Crippen molar-refractivity contribution < 1.29 is 9.53 Å². The third-order valence-electron chi connectivity index (χ3n) is 3.01. The first-order chi connectivity index (χ1) is 11.1. The van der Waals surface area contributed by atoms with Gasteiger partial charge in [-0.25, -0.2) is 9.97 Å². The van der Waals surface area contributed by atoms with Gasteiger partial charge in [0, 0.05) is 30.6 Å². The number of hydrogen-bond donors (Lipinski definition) is 3. The van der Waals surface area contributed by atoms with Crippen molar-refractivity contribution in [3.05, 3.63) is 28.4 Å². The zero-order valence-electron chi connectivity index (χ0n) is 12.3. The third kappa shape index (κ3) is 3.90. The first-order valence-corrected chi connectivity index (χ1v) is 7.63. The van der Waals surface area contributed by atoms with Crippen LogP contribution in [0.5, 0.6) is 0 Å². The van der Waals surface area contributed by atoms with Crippen LogP contribution < -0.4 is 5.32 Å². The number of ether oxygens (including phenoxy) is 1. The zero-order chi connectivity index (χ0) is 16.2. The summed E-state index contributed by atoms with van der Waals surface area (Å²) < 4.78 is 5.79. The molecule has 3 rings (SSSR count). The Hall–Kier alpha value is -2.33. The normalized spacial score (nSPS) is 11.0. The molecular formula is C13H14BrN7O2. The van der Waals surface area contributed by atoms with Gasteiger partial charge >= 0.3 is 0 Å².